The number of carbonyl (C=O) groups is 1. The van der Waals surface area contributed by atoms with Crippen molar-refractivity contribution in [2.45, 2.75) is 30.0 Å². The van der Waals surface area contributed by atoms with Crippen molar-refractivity contribution < 1.29 is 49.0 Å². The quantitative estimate of drug-likeness (QED) is 0.142. The van der Waals surface area contributed by atoms with E-state index in [1.807, 2.05) is 0 Å². The number of rotatable bonds is 12. The van der Waals surface area contributed by atoms with Crippen LogP contribution in [-0.2, 0) is 33.2 Å². The van der Waals surface area contributed by atoms with E-state index >= 15 is 8.78 Å². The van der Waals surface area contributed by atoms with Crippen molar-refractivity contribution in [3.05, 3.63) is 94.8 Å². The van der Waals surface area contributed by atoms with E-state index in [4.69, 9.17) is 4.74 Å². The van der Waals surface area contributed by atoms with Crippen LogP contribution in [0.4, 0.5) is 26.3 Å². The Labute approximate surface area is 233 Å². The second-order valence-corrected chi connectivity index (χ2v) is 11.2. The van der Waals surface area contributed by atoms with Gasteiger partial charge in [0.15, 0.2) is 9.84 Å². The van der Waals surface area contributed by atoms with Gasteiger partial charge >= 0.3 is 12.1 Å². The lowest BCUT2D eigenvalue weighted by atomic mass is 10.1. The predicted molar refractivity (Wildman–Crippen MR) is 138 cm³/mol. The summed E-state index contributed by atoms with van der Waals surface area (Å²) in [5.41, 5.74) is -1.40. The average molecular weight is 604 g/mol. The fourth-order valence-corrected chi connectivity index (χ4v) is 4.92. The van der Waals surface area contributed by atoms with Gasteiger partial charge in [0.25, 0.3) is 5.92 Å². The number of methoxy groups -OCH3 is 1. The molecular formula is C28H27F6NO5S. The molecule has 3 rings (SSSR count). The molecule has 0 saturated carbocycles. The molecule has 0 unspecified atom stereocenters. The third-order valence-electron chi connectivity index (χ3n) is 5.99. The van der Waals surface area contributed by atoms with Crippen LogP contribution in [0.5, 0.6) is 5.75 Å². The number of benzene rings is 3. The summed E-state index contributed by atoms with van der Waals surface area (Å²) in [7, 11) is -2.73. The molecule has 0 radical (unpaired) electrons. The zero-order valence-electron chi connectivity index (χ0n) is 22.1. The second-order valence-electron chi connectivity index (χ2n) is 9.24. The third kappa shape index (κ3) is 8.95. The Morgan fingerprint density at radius 2 is 1.61 bits per heavy atom. The lowest BCUT2D eigenvalue weighted by Gasteiger charge is -2.28. The number of sulfone groups is 1. The summed E-state index contributed by atoms with van der Waals surface area (Å²) in [4.78, 5) is 12.9. The van der Waals surface area contributed by atoms with Crippen molar-refractivity contribution in [1.82, 2.24) is 4.90 Å². The highest BCUT2D eigenvalue weighted by molar-refractivity contribution is 7.90. The average Bonchev–Trinajstić information content (AvgIpc) is 2.89. The molecule has 0 amide bonds. The second kappa shape index (κ2) is 12.9. The summed E-state index contributed by atoms with van der Waals surface area (Å²) >= 11 is 0. The number of alkyl halides is 5. The van der Waals surface area contributed by atoms with E-state index in [0.717, 1.165) is 55.8 Å². The van der Waals surface area contributed by atoms with Crippen LogP contribution in [0.3, 0.4) is 0 Å². The maximum absolute atomic E-state index is 15.1. The number of nitrogens with zero attached hydrogens (tertiary/aromatic N) is 1. The molecule has 0 aliphatic rings. The Morgan fingerprint density at radius 3 is 2.22 bits per heavy atom. The molecule has 3 aromatic carbocycles. The molecule has 0 aromatic heterocycles. The molecule has 0 heterocycles. The molecular weight excluding hydrogens is 576 g/mol. The van der Waals surface area contributed by atoms with Gasteiger partial charge in [0.05, 0.1) is 36.3 Å². The summed E-state index contributed by atoms with van der Waals surface area (Å²) in [6.45, 7) is -1.22. The smallest absolute Gasteiger partial charge is 0.416 e. The number of carbonyl (C=O) groups excluding carboxylic acids is 1. The van der Waals surface area contributed by atoms with Gasteiger partial charge in [0, 0.05) is 24.9 Å². The Kier molecular flexibility index (Phi) is 10.1. The molecule has 6 nitrogen and oxygen atoms in total. The number of hydrogen-bond donors (Lipinski definition) is 0. The first-order chi connectivity index (χ1) is 19.1. The lowest BCUT2D eigenvalue weighted by Crippen LogP contribution is -2.36. The van der Waals surface area contributed by atoms with Crippen LogP contribution in [0.25, 0.3) is 0 Å². The van der Waals surface area contributed by atoms with E-state index in [2.05, 4.69) is 4.74 Å². The van der Waals surface area contributed by atoms with E-state index in [0.29, 0.717) is 0 Å². The summed E-state index contributed by atoms with van der Waals surface area (Å²) < 4.78 is 117. The Hall–Kier alpha value is -3.58. The zero-order valence-corrected chi connectivity index (χ0v) is 22.9. The van der Waals surface area contributed by atoms with Gasteiger partial charge in [-0.2, -0.15) is 22.0 Å². The Bertz CT molecular complexity index is 1460. The van der Waals surface area contributed by atoms with Gasteiger partial charge in [0.1, 0.15) is 11.6 Å². The normalized spacial score (nSPS) is 12.4. The molecule has 0 spiro atoms. The molecule has 0 aliphatic carbocycles. The standard InChI is InChI=1S/C28H27F6NO5S/c1-39-26(36)24-12-11-23(16-25(24)41(2,37)38)40-14-4-13-35(17-19-5-3-6-21(15-19)28(32,33)34)18-27(30,31)20-7-9-22(29)10-8-20/h3,5-12,15-16H,4,13-14,17-18H2,1-2H3. The van der Waals surface area contributed by atoms with Gasteiger partial charge in [-0.15, -0.1) is 0 Å². The zero-order chi connectivity index (χ0) is 30.4. The Balaban J connectivity index is 1.76. The largest absolute Gasteiger partial charge is 0.494 e. The maximum atomic E-state index is 15.1. The van der Waals surface area contributed by atoms with Gasteiger partial charge in [-0.25, -0.2) is 17.6 Å². The van der Waals surface area contributed by atoms with Gasteiger partial charge in [-0.05, 0) is 48.4 Å². The highest BCUT2D eigenvalue weighted by atomic mass is 32.2. The molecule has 222 valence electrons. The van der Waals surface area contributed by atoms with Gasteiger partial charge in [0.2, 0.25) is 0 Å². The first kappa shape index (κ1) is 31.9. The first-order valence-electron chi connectivity index (χ1n) is 12.2. The predicted octanol–water partition coefficient (Wildman–Crippen LogP) is 6.10. The molecule has 0 fully saturated rings. The summed E-state index contributed by atoms with van der Waals surface area (Å²) in [5.74, 6) is -4.91. The lowest BCUT2D eigenvalue weighted by molar-refractivity contribution is -0.137. The highest BCUT2D eigenvalue weighted by Crippen LogP contribution is 2.32. The summed E-state index contributed by atoms with van der Waals surface area (Å²) in [6.07, 6.45) is -3.57. The minimum atomic E-state index is -4.61. The number of hydrogen-bond acceptors (Lipinski definition) is 6. The van der Waals surface area contributed by atoms with Crippen molar-refractivity contribution in [3.8, 4) is 5.75 Å². The first-order valence-corrected chi connectivity index (χ1v) is 14.1. The molecule has 0 saturated heterocycles. The summed E-state index contributed by atoms with van der Waals surface area (Å²) in [5, 5.41) is 0. The van der Waals surface area contributed by atoms with Crippen LogP contribution in [0.15, 0.2) is 71.6 Å². The minimum absolute atomic E-state index is 0.0355. The van der Waals surface area contributed by atoms with Gasteiger partial charge < -0.3 is 9.47 Å². The molecule has 0 bridgehead atoms. The summed E-state index contributed by atoms with van der Waals surface area (Å²) in [6, 6.07) is 11.7. The van der Waals surface area contributed by atoms with E-state index < -0.39 is 51.4 Å². The molecule has 13 heteroatoms. The van der Waals surface area contributed by atoms with E-state index in [-0.39, 0.29) is 47.9 Å². The molecule has 0 atom stereocenters. The van der Waals surface area contributed by atoms with E-state index in [1.54, 1.807) is 0 Å². The number of halogens is 6. The van der Waals surface area contributed by atoms with Gasteiger partial charge in [-0.3, -0.25) is 4.90 Å². The van der Waals surface area contributed by atoms with Crippen LogP contribution in [0.1, 0.15) is 33.5 Å². The van der Waals surface area contributed by atoms with Gasteiger partial charge in [-0.1, -0.05) is 30.3 Å². The van der Waals surface area contributed by atoms with Crippen molar-refractivity contribution in [1.29, 1.82) is 0 Å². The number of esters is 1. The van der Waals surface area contributed by atoms with Crippen LogP contribution in [-0.4, -0.2) is 52.3 Å². The van der Waals surface area contributed by atoms with Crippen LogP contribution in [0.2, 0.25) is 0 Å². The third-order valence-corrected chi connectivity index (χ3v) is 7.13. The number of ether oxygens (including phenoxy) is 2. The van der Waals surface area contributed by atoms with Crippen molar-refractivity contribution in [2.24, 2.45) is 0 Å². The van der Waals surface area contributed by atoms with Crippen molar-refractivity contribution in [3.63, 3.8) is 0 Å². The SMILES string of the molecule is COC(=O)c1ccc(OCCCN(Cc2cccc(C(F)(F)F)c2)CC(F)(F)c2ccc(F)cc2)cc1S(C)(=O)=O. The Morgan fingerprint density at radius 1 is 0.927 bits per heavy atom. The fraction of sp³-hybridized carbons (Fsp3) is 0.321. The highest BCUT2D eigenvalue weighted by Gasteiger charge is 2.35. The monoisotopic (exact) mass is 603 g/mol. The van der Waals surface area contributed by atoms with Crippen LogP contribution in [0, 0.1) is 5.82 Å². The molecule has 41 heavy (non-hydrogen) atoms. The fourth-order valence-electron chi connectivity index (χ4n) is 4.04. The van der Waals surface area contributed by atoms with Crippen LogP contribution >= 0.6 is 0 Å². The van der Waals surface area contributed by atoms with E-state index in [9.17, 15) is 30.8 Å². The molecule has 3 aromatic rings. The maximum Gasteiger partial charge on any atom is 0.416 e. The topological polar surface area (TPSA) is 72.9 Å². The minimum Gasteiger partial charge on any atom is -0.494 e. The molecule has 0 aliphatic heterocycles. The molecule has 0 N–H and O–H groups in total. The van der Waals surface area contributed by atoms with Crippen molar-refractivity contribution in [2.75, 3.05) is 33.1 Å². The van der Waals surface area contributed by atoms with E-state index in [1.165, 1.54) is 29.2 Å². The van der Waals surface area contributed by atoms with Crippen molar-refractivity contribution >= 4 is 15.8 Å². The van der Waals surface area contributed by atoms with Crippen LogP contribution < -0.4 is 4.74 Å².